The molecule has 1 aromatic heterocycles. The summed E-state index contributed by atoms with van der Waals surface area (Å²) in [6.45, 7) is 4.12. The van der Waals surface area contributed by atoms with E-state index >= 15 is 0 Å². The highest BCUT2D eigenvalue weighted by Crippen LogP contribution is 2.40. The summed E-state index contributed by atoms with van der Waals surface area (Å²) in [6, 6.07) is 15.2. The lowest BCUT2D eigenvalue weighted by Crippen LogP contribution is -2.42. The molecule has 1 aliphatic heterocycles. The molecule has 0 spiro atoms. The quantitative estimate of drug-likeness (QED) is 0.284. The number of aliphatic hydroxyl groups is 2. The fourth-order valence-electron chi connectivity index (χ4n) is 5.06. The van der Waals surface area contributed by atoms with Gasteiger partial charge in [0.1, 0.15) is 12.0 Å². The highest BCUT2D eigenvalue weighted by molar-refractivity contribution is 6.20. The number of unbranched alkanes of at least 4 members (excludes halogenated alkanes) is 2. The average Bonchev–Trinajstić information content (AvgIpc) is 3.56. The number of rotatable bonds is 12. The van der Waals surface area contributed by atoms with E-state index in [0.29, 0.717) is 22.5 Å². The molecule has 2 N–H and O–H groups in total. The van der Waals surface area contributed by atoms with Crippen molar-refractivity contribution in [2.45, 2.75) is 65.0 Å². The van der Waals surface area contributed by atoms with E-state index in [0.717, 1.165) is 44.1 Å². The molecule has 37 heavy (non-hydrogen) atoms. The van der Waals surface area contributed by atoms with Gasteiger partial charge in [0.2, 0.25) is 0 Å². The van der Waals surface area contributed by atoms with Crippen LogP contribution in [0.5, 0.6) is 0 Å². The smallest absolute Gasteiger partial charge is 0.294 e. The molecule has 2 aromatic carbocycles. The lowest BCUT2D eigenvalue weighted by atomic mass is 9.82. The Morgan fingerprint density at radius 1 is 1.00 bits per heavy atom. The molecule has 0 fully saturated rings. The maximum Gasteiger partial charge on any atom is 0.294 e. The number of carbonyl (C=O) groups is 2. The van der Waals surface area contributed by atoms with Crippen LogP contribution in [0.25, 0.3) is 11.3 Å². The molecule has 7 heteroatoms. The summed E-state index contributed by atoms with van der Waals surface area (Å²) in [6.07, 6.45) is 7.11. The van der Waals surface area contributed by atoms with Crippen LogP contribution in [0, 0.1) is 5.92 Å². The second-order valence-electron chi connectivity index (χ2n) is 9.54. The molecular formula is C30H34N2O5. The van der Waals surface area contributed by atoms with Crippen LogP contribution in [0.2, 0.25) is 0 Å². The van der Waals surface area contributed by atoms with Gasteiger partial charge in [0.15, 0.2) is 11.5 Å². The number of aliphatic hydroxyl groups excluding tert-OH is 2. The zero-order valence-electron chi connectivity index (χ0n) is 21.4. The van der Waals surface area contributed by atoms with Crippen molar-refractivity contribution in [2.75, 3.05) is 4.90 Å². The molecule has 0 saturated carbocycles. The summed E-state index contributed by atoms with van der Waals surface area (Å²) in [7, 11) is 0. The monoisotopic (exact) mass is 502 g/mol. The first-order valence-electron chi connectivity index (χ1n) is 13.0. The predicted octanol–water partition coefficient (Wildman–Crippen LogP) is 6.24. The van der Waals surface area contributed by atoms with Crippen LogP contribution in [0.3, 0.4) is 0 Å². The number of Topliss-reactive ketones (excluding diaryl/α,β-unsaturated/α-hetero) is 1. The number of nitrogens with zero attached hydrogens (tertiary/aromatic N) is 2. The number of hydrogen-bond donors (Lipinski definition) is 2. The third kappa shape index (κ3) is 5.52. The van der Waals surface area contributed by atoms with Crippen molar-refractivity contribution in [2.24, 2.45) is 5.92 Å². The van der Waals surface area contributed by atoms with E-state index in [2.05, 4.69) is 19.0 Å². The predicted molar refractivity (Wildman–Crippen MR) is 142 cm³/mol. The minimum absolute atomic E-state index is 0.0133. The zero-order valence-corrected chi connectivity index (χ0v) is 21.4. The Balaban J connectivity index is 1.76. The normalized spacial score (nSPS) is 15.7. The molecule has 0 aliphatic carbocycles. The molecule has 194 valence electrons. The second-order valence-corrected chi connectivity index (χ2v) is 9.54. The van der Waals surface area contributed by atoms with E-state index in [4.69, 9.17) is 4.52 Å². The van der Waals surface area contributed by atoms with Crippen molar-refractivity contribution >= 4 is 17.4 Å². The van der Waals surface area contributed by atoms with Gasteiger partial charge in [-0.2, -0.15) is 0 Å². The molecule has 3 aromatic rings. The maximum atomic E-state index is 13.8. The summed E-state index contributed by atoms with van der Waals surface area (Å²) < 4.78 is 4.94. The van der Waals surface area contributed by atoms with Gasteiger partial charge in [0.05, 0.1) is 18.2 Å². The van der Waals surface area contributed by atoms with Crippen LogP contribution >= 0.6 is 0 Å². The van der Waals surface area contributed by atoms with Crippen molar-refractivity contribution in [3.63, 3.8) is 0 Å². The van der Waals surface area contributed by atoms with Gasteiger partial charge in [-0.25, -0.2) is 0 Å². The van der Waals surface area contributed by atoms with Crippen LogP contribution in [0.1, 0.15) is 68.3 Å². The van der Waals surface area contributed by atoms with Gasteiger partial charge in [0.25, 0.3) is 5.91 Å². The number of amides is 1. The second kappa shape index (κ2) is 12.0. The summed E-state index contributed by atoms with van der Waals surface area (Å²) in [5.41, 5.74) is 3.36. The Bertz CT molecular complexity index is 1220. The molecule has 7 nitrogen and oxygen atoms in total. The largest absolute Gasteiger partial charge is 0.503 e. The van der Waals surface area contributed by atoms with Gasteiger partial charge in [-0.1, -0.05) is 81.1 Å². The third-order valence-electron chi connectivity index (χ3n) is 7.08. The zero-order chi connectivity index (χ0) is 26.4. The van der Waals surface area contributed by atoms with Gasteiger partial charge < -0.3 is 14.7 Å². The minimum atomic E-state index is -0.575. The number of anilines is 1. The van der Waals surface area contributed by atoms with Crippen LogP contribution in [-0.2, 0) is 11.4 Å². The molecule has 0 radical (unpaired) electrons. The van der Waals surface area contributed by atoms with E-state index in [1.165, 1.54) is 6.26 Å². The fourth-order valence-corrected chi connectivity index (χ4v) is 5.06. The summed E-state index contributed by atoms with van der Waals surface area (Å²) in [4.78, 5) is 28.9. The van der Waals surface area contributed by atoms with Crippen molar-refractivity contribution in [3.8, 4) is 11.3 Å². The van der Waals surface area contributed by atoms with E-state index in [1.54, 1.807) is 35.2 Å². The number of hydrogen-bond acceptors (Lipinski definition) is 6. The number of ketones is 1. The van der Waals surface area contributed by atoms with E-state index in [1.807, 2.05) is 24.3 Å². The molecule has 1 aliphatic rings. The SMILES string of the molecule is CCCCC(CCCC)C1C(C(=O)c2ccc(CO)cc2)=C(O)C(=O)N1c1ccc(-c2ccon2)cc1. The van der Waals surface area contributed by atoms with Crippen LogP contribution in [0.4, 0.5) is 5.69 Å². The van der Waals surface area contributed by atoms with Crippen molar-refractivity contribution in [1.29, 1.82) is 0 Å². The number of aromatic nitrogens is 1. The van der Waals surface area contributed by atoms with Crippen molar-refractivity contribution in [1.82, 2.24) is 5.16 Å². The Morgan fingerprint density at radius 3 is 2.19 bits per heavy atom. The van der Waals surface area contributed by atoms with Gasteiger partial charge >= 0.3 is 0 Å². The molecule has 1 unspecified atom stereocenters. The molecule has 0 saturated heterocycles. The number of carbonyl (C=O) groups excluding carboxylic acids is 2. The molecule has 2 heterocycles. The standard InChI is InChI=1S/C30H34N2O5/c1-3-5-7-22(8-6-4-2)27-26(28(34)23-11-9-20(19-33)10-12-23)29(35)30(36)32(27)24-15-13-21(14-16-24)25-17-18-37-31-25/h9-18,22,27,33,35H,3-8,19H2,1-2H3. The summed E-state index contributed by atoms with van der Waals surface area (Å²) in [5, 5.41) is 24.5. The Hall–Kier alpha value is -3.71. The Morgan fingerprint density at radius 2 is 1.65 bits per heavy atom. The van der Waals surface area contributed by atoms with E-state index < -0.39 is 17.7 Å². The topological polar surface area (TPSA) is 104 Å². The lowest BCUT2D eigenvalue weighted by Gasteiger charge is -2.33. The lowest BCUT2D eigenvalue weighted by molar-refractivity contribution is -0.117. The highest BCUT2D eigenvalue weighted by Gasteiger charge is 2.46. The van der Waals surface area contributed by atoms with Gasteiger partial charge in [-0.3, -0.25) is 14.5 Å². The molecule has 1 amide bonds. The van der Waals surface area contributed by atoms with Gasteiger partial charge in [-0.15, -0.1) is 0 Å². The highest BCUT2D eigenvalue weighted by atomic mass is 16.5. The Labute approximate surface area is 217 Å². The molecule has 0 bridgehead atoms. The molecule has 1 atom stereocenters. The number of benzene rings is 2. The average molecular weight is 503 g/mol. The van der Waals surface area contributed by atoms with Crippen molar-refractivity contribution < 1.29 is 24.3 Å². The fraction of sp³-hybridized carbons (Fsp3) is 0.367. The third-order valence-corrected chi connectivity index (χ3v) is 7.08. The van der Waals surface area contributed by atoms with Crippen LogP contribution in [-0.4, -0.2) is 33.1 Å². The first-order valence-corrected chi connectivity index (χ1v) is 13.0. The van der Waals surface area contributed by atoms with Crippen molar-refractivity contribution in [3.05, 3.63) is 83.3 Å². The first kappa shape index (κ1) is 26.4. The van der Waals surface area contributed by atoms with E-state index in [9.17, 15) is 19.8 Å². The minimum Gasteiger partial charge on any atom is -0.503 e. The summed E-state index contributed by atoms with van der Waals surface area (Å²) >= 11 is 0. The van der Waals surface area contributed by atoms with Crippen LogP contribution < -0.4 is 4.90 Å². The molecule has 4 rings (SSSR count). The first-order chi connectivity index (χ1) is 18.0. The molecular weight excluding hydrogens is 468 g/mol. The van der Waals surface area contributed by atoms with E-state index in [-0.39, 0.29) is 23.9 Å². The van der Waals surface area contributed by atoms with Crippen LogP contribution in [0.15, 0.2) is 76.7 Å². The Kier molecular flexibility index (Phi) is 8.56. The summed E-state index contributed by atoms with van der Waals surface area (Å²) in [5.74, 6) is -1.40. The maximum absolute atomic E-state index is 13.8. The van der Waals surface area contributed by atoms with Gasteiger partial charge in [0, 0.05) is 22.9 Å². The van der Waals surface area contributed by atoms with Gasteiger partial charge in [-0.05, 0) is 36.5 Å².